The zero-order valence-corrected chi connectivity index (χ0v) is 20.0. The Kier molecular flexibility index (Phi) is 7.25. The van der Waals surface area contributed by atoms with Gasteiger partial charge in [-0.05, 0) is 68.6 Å². The molecule has 0 radical (unpaired) electrons. The number of hydrogen-bond acceptors (Lipinski definition) is 5. The summed E-state index contributed by atoms with van der Waals surface area (Å²) in [6, 6.07) is 4.52. The molecule has 0 saturated heterocycles. The van der Waals surface area contributed by atoms with Crippen molar-refractivity contribution in [2.75, 3.05) is 19.0 Å². The van der Waals surface area contributed by atoms with Gasteiger partial charge in [-0.1, -0.05) is 0 Å². The van der Waals surface area contributed by atoms with E-state index in [2.05, 4.69) is 36.1 Å². The minimum absolute atomic E-state index is 0.244. The molecule has 1 aliphatic rings. The van der Waals surface area contributed by atoms with Gasteiger partial charge >= 0.3 is 0 Å². The molecule has 1 aromatic heterocycles. The van der Waals surface area contributed by atoms with Crippen LogP contribution in [0.3, 0.4) is 0 Å². The normalized spacial score (nSPS) is 28.1. The third-order valence-electron chi connectivity index (χ3n) is 4.83. The monoisotopic (exact) mass is 510 g/mol. The number of alkyl halides is 1. The van der Waals surface area contributed by atoms with Crippen molar-refractivity contribution in [3.63, 3.8) is 0 Å². The second kappa shape index (κ2) is 8.65. The molecule has 0 amide bonds. The molecule has 29 heavy (non-hydrogen) atoms. The smallest absolute Gasteiger partial charge is 0.146 e. The van der Waals surface area contributed by atoms with Gasteiger partial charge in [0.1, 0.15) is 33.1 Å². The molecule has 2 heterocycles. The van der Waals surface area contributed by atoms with Gasteiger partial charge in [0.2, 0.25) is 0 Å². The minimum atomic E-state index is -3.31. The summed E-state index contributed by atoms with van der Waals surface area (Å²) in [5.41, 5.74) is -2.34. The average Bonchev–Trinajstić information content (AvgIpc) is 2.65. The summed E-state index contributed by atoms with van der Waals surface area (Å²) >= 11 is 3.15. The highest BCUT2D eigenvalue weighted by Gasteiger charge is 2.49. The lowest BCUT2D eigenvalue weighted by Gasteiger charge is -2.38. The van der Waals surface area contributed by atoms with Gasteiger partial charge in [-0.25, -0.2) is 31.3 Å². The number of aromatic nitrogens is 1. The van der Waals surface area contributed by atoms with Crippen molar-refractivity contribution in [3.05, 3.63) is 28.2 Å². The molecular formula is C18H25BrF2N4O2S2. The Morgan fingerprint density at radius 1 is 1.45 bits per heavy atom. The first kappa shape index (κ1) is 24.3. The van der Waals surface area contributed by atoms with Gasteiger partial charge < -0.3 is 0 Å². The lowest BCUT2D eigenvalue weighted by atomic mass is 9.99. The number of halogens is 3. The van der Waals surface area contributed by atoms with E-state index in [1.54, 1.807) is 20.8 Å². The fourth-order valence-electron chi connectivity index (χ4n) is 2.96. The van der Waals surface area contributed by atoms with E-state index in [0.717, 1.165) is 6.07 Å². The molecule has 0 unspecified atom stereocenters. The van der Waals surface area contributed by atoms with Crippen molar-refractivity contribution in [1.82, 2.24) is 9.71 Å². The van der Waals surface area contributed by atoms with E-state index in [9.17, 15) is 22.5 Å². The predicted octanol–water partition coefficient (Wildman–Crippen LogP) is 3.74. The SMILES string of the molecule is CC(C)(C)[S@@](=O)N[C@@](CF)(C[S@@]1(=O)=NCCC[C@]1(C)C#N)c1nc(Br)ccc1F. The van der Waals surface area contributed by atoms with Gasteiger partial charge in [-0.15, -0.1) is 0 Å². The molecule has 0 spiro atoms. The summed E-state index contributed by atoms with van der Waals surface area (Å²) in [6.45, 7) is 5.57. The number of pyridine rings is 1. The van der Waals surface area contributed by atoms with Crippen molar-refractivity contribution in [2.24, 2.45) is 4.36 Å². The molecule has 1 N–H and O–H groups in total. The molecule has 0 saturated carbocycles. The first-order chi connectivity index (χ1) is 13.3. The van der Waals surface area contributed by atoms with Gasteiger partial charge in [-0.2, -0.15) is 5.26 Å². The first-order valence-electron chi connectivity index (χ1n) is 9.02. The molecule has 162 valence electrons. The number of hydrogen-bond donors (Lipinski definition) is 1. The lowest BCUT2D eigenvalue weighted by molar-refractivity contribution is 0.296. The van der Waals surface area contributed by atoms with E-state index < -0.39 is 54.0 Å². The Morgan fingerprint density at radius 2 is 2.10 bits per heavy atom. The van der Waals surface area contributed by atoms with Crippen LogP contribution in [-0.4, -0.2) is 41.9 Å². The summed E-state index contributed by atoms with van der Waals surface area (Å²) in [4.78, 5) is 4.08. The number of rotatable bonds is 6. The fourth-order valence-corrected chi connectivity index (χ4v) is 6.92. The second-order valence-electron chi connectivity index (χ2n) is 8.25. The summed E-state index contributed by atoms with van der Waals surface area (Å²) in [5, 5.41) is 9.68. The van der Waals surface area contributed by atoms with Gasteiger partial charge in [0.25, 0.3) is 0 Å². The summed E-state index contributed by atoms with van der Waals surface area (Å²) in [6.07, 6.45) is 0.902. The number of nitrogens with one attached hydrogen (secondary N) is 1. The van der Waals surface area contributed by atoms with Crippen LogP contribution < -0.4 is 4.72 Å². The van der Waals surface area contributed by atoms with E-state index in [-0.39, 0.29) is 16.8 Å². The molecule has 6 nitrogen and oxygen atoms in total. The molecule has 4 atom stereocenters. The van der Waals surface area contributed by atoms with Crippen LogP contribution in [-0.2, 0) is 26.3 Å². The zero-order valence-electron chi connectivity index (χ0n) is 16.8. The summed E-state index contributed by atoms with van der Waals surface area (Å²) < 4.78 is 61.1. The Morgan fingerprint density at radius 3 is 2.66 bits per heavy atom. The Labute approximate surface area is 181 Å². The molecule has 1 aliphatic heterocycles. The van der Waals surface area contributed by atoms with Crippen LogP contribution in [0.2, 0.25) is 0 Å². The summed E-state index contributed by atoms with van der Waals surface area (Å²) in [5.74, 6) is -1.36. The standard InChI is InChI=1S/C18H25BrF2N4O2S2/c1-16(2,3)28(26)25-18(10-20,15-13(21)6-7-14(19)24-15)12-29(27)17(4,11-22)8-5-9-23-29/h6-7,25H,5,8-10,12H2,1-4H3/t17-,18+,28-,29+/m1/s1. The van der Waals surface area contributed by atoms with Crippen LogP contribution >= 0.6 is 15.9 Å². The number of nitrogens with zero attached hydrogens (tertiary/aromatic N) is 3. The highest BCUT2D eigenvalue weighted by molar-refractivity contribution is 9.10. The van der Waals surface area contributed by atoms with Crippen molar-refractivity contribution in [2.45, 2.75) is 55.6 Å². The quantitative estimate of drug-likeness (QED) is 0.589. The Balaban J connectivity index is 2.72. The molecule has 0 aliphatic carbocycles. The Hall–Kier alpha value is -0.960. The van der Waals surface area contributed by atoms with Gasteiger partial charge in [0.05, 0.1) is 37.3 Å². The van der Waals surface area contributed by atoms with E-state index in [1.165, 1.54) is 13.0 Å². The molecular weight excluding hydrogens is 486 g/mol. The van der Waals surface area contributed by atoms with Crippen LogP contribution in [0, 0.1) is 17.1 Å². The second-order valence-corrected chi connectivity index (χ2v) is 13.8. The maximum atomic E-state index is 14.8. The molecule has 0 aromatic carbocycles. The number of nitriles is 1. The maximum Gasteiger partial charge on any atom is 0.146 e. The average molecular weight is 511 g/mol. The van der Waals surface area contributed by atoms with Crippen molar-refractivity contribution in [1.29, 1.82) is 5.26 Å². The molecule has 0 bridgehead atoms. The highest BCUT2D eigenvalue weighted by Crippen LogP contribution is 2.36. The lowest BCUT2D eigenvalue weighted by Crippen LogP contribution is -2.57. The van der Waals surface area contributed by atoms with E-state index in [1.807, 2.05) is 0 Å². The van der Waals surface area contributed by atoms with Crippen LogP contribution in [0.15, 0.2) is 21.1 Å². The van der Waals surface area contributed by atoms with Crippen LogP contribution in [0.1, 0.15) is 46.2 Å². The largest absolute Gasteiger partial charge is 0.249 e. The van der Waals surface area contributed by atoms with Gasteiger partial charge in [-0.3, -0.25) is 0 Å². The van der Waals surface area contributed by atoms with E-state index in [4.69, 9.17) is 0 Å². The molecule has 1 aromatic rings. The zero-order chi connectivity index (χ0) is 22.1. The predicted molar refractivity (Wildman–Crippen MR) is 114 cm³/mol. The third kappa shape index (κ3) is 4.86. The summed E-state index contributed by atoms with van der Waals surface area (Å²) in [7, 11) is -5.15. The van der Waals surface area contributed by atoms with Crippen molar-refractivity contribution < 1.29 is 17.2 Å². The fraction of sp³-hybridized carbons (Fsp3) is 0.667. The topological polar surface area (TPSA) is 95.2 Å². The molecule has 0 fully saturated rings. The Bertz CT molecular complexity index is 970. The molecule has 11 heteroatoms. The molecule has 2 rings (SSSR count). The highest BCUT2D eigenvalue weighted by atomic mass is 79.9. The van der Waals surface area contributed by atoms with Crippen molar-refractivity contribution in [3.8, 4) is 6.07 Å². The maximum absolute atomic E-state index is 14.8. The third-order valence-corrected chi connectivity index (χ3v) is 10.1. The van der Waals surface area contributed by atoms with Gasteiger partial charge in [0.15, 0.2) is 0 Å². The van der Waals surface area contributed by atoms with Crippen LogP contribution in [0.5, 0.6) is 0 Å². The van der Waals surface area contributed by atoms with Crippen molar-refractivity contribution >= 4 is 36.6 Å². The minimum Gasteiger partial charge on any atom is -0.249 e. The van der Waals surface area contributed by atoms with Crippen LogP contribution in [0.4, 0.5) is 8.78 Å². The van der Waals surface area contributed by atoms with Gasteiger partial charge in [0, 0.05) is 6.54 Å². The first-order valence-corrected chi connectivity index (χ1v) is 12.6. The van der Waals surface area contributed by atoms with E-state index in [0.29, 0.717) is 12.8 Å². The van der Waals surface area contributed by atoms with E-state index >= 15 is 0 Å². The van der Waals surface area contributed by atoms with Crippen LogP contribution in [0.25, 0.3) is 0 Å².